The molecule has 0 amide bonds. The third-order valence-electron chi connectivity index (χ3n) is 2.53. The van der Waals surface area contributed by atoms with Gasteiger partial charge in [-0.05, 0) is 13.0 Å². The topological polar surface area (TPSA) is 105 Å². The van der Waals surface area contributed by atoms with E-state index in [0.717, 1.165) is 10.7 Å². The molecule has 0 aliphatic carbocycles. The third-order valence-corrected chi connectivity index (χ3v) is 3.55. The van der Waals surface area contributed by atoms with E-state index in [9.17, 15) is 10.1 Å². The van der Waals surface area contributed by atoms with Gasteiger partial charge in [-0.15, -0.1) is 11.3 Å². The van der Waals surface area contributed by atoms with Gasteiger partial charge in [0.2, 0.25) is 5.82 Å². The van der Waals surface area contributed by atoms with Gasteiger partial charge in [-0.3, -0.25) is 10.1 Å². The first-order chi connectivity index (χ1) is 9.61. The second-order valence-electron chi connectivity index (χ2n) is 3.98. The maximum atomic E-state index is 11.0. The van der Waals surface area contributed by atoms with E-state index < -0.39 is 4.92 Å². The van der Waals surface area contributed by atoms with Crippen LogP contribution in [0.2, 0.25) is 0 Å². The Hall–Kier alpha value is -2.53. The zero-order chi connectivity index (χ0) is 14.5. The number of thiazole rings is 1. The van der Waals surface area contributed by atoms with Crippen LogP contribution in [0.4, 0.5) is 11.5 Å². The van der Waals surface area contributed by atoms with Crippen LogP contribution >= 0.6 is 11.3 Å². The molecule has 1 N–H and O–H groups in total. The molecule has 2 heterocycles. The van der Waals surface area contributed by atoms with Crippen molar-refractivity contribution >= 4 is 22.8 Å². The Morgan fingerprint density at radius 1 is 1.60 bits per heavy atom. The highest BCUT2D eigenvalue weighted by atomic mass is 32.1. The predicted molar refractivity (Wildman–Crippen MR) is 74.7 cm³/mol. The summed E-state index contributed by atoms with van der Waals surface area (Å²) < 4.78 is 0. The minimum absolute atomic E-state index is 0.00223. The van der Waals surface area contributed by atoms with Crippen LogP contribution in [0.5, 0.6) is 0 Å². The molecule has 0 atom stereocenters. The molecule has 8 heteroatoms. The molecule has 0 fully saturated rings. The van der Waals surface area contributed by atoms with Crippen molar-refractivity contribution in [3.63, 3.8) is 0 Å². The van der Waals surface area contributed by atoms with Crippen molar-refractivity contribution in [2.24, 2.45) is 0 Å². The Morgan fingerprint density at radius 2 is 2.40 bits per heavy atom. The summed E-state index contributed by atoms with van der Waals surface area (Å²) in [6.45, 7) is 2.38. The van der Waals surface area contributed by atoms with Crippen LogP contribution in [0.15, 0.2) is 17.6 Å². The van der Waals surface area contributed by atoms with Crippen LogP contribution < -0.4 is 5.32 Å². The van der Waals surface area contributed by atoms with Crippen molar-refractivity contribution in [1.82, 2.24) is 9.97 Å². The Kier molecular flexibility index (Phi) is 4.22. The Morgan fingerprint density at radius 3 is 3.00 bits per heavy atom. The van der Waals surface area contributed by atoms with E-state index in [0.29, 0.717) is 13.0 Å². The summed E-state index contributed by atoms with van der Waals surface area (Å²) in [5, 5.41) is 25.7. The van der Waals surface area contributed by atoms with Crippen molar-refractivity contribution in [3.8, 4) is 6.07 Å². The number of aromatic nitrogens is 2. The molecule has 0 radical (unpaired) electrons. The van der Waals surface area contributed by atoms with Crippen molar-refractivity contribution in [1.29, 1.82) is 5.26 Å². The van der Waals surface area contributed by atoms with E-state index in [4.69, 9.17) is 5.26 Å². The third kappa shape index (κ3) is 3.07. The van der Waals surface area contributed by atoms with E-state index in [2.05, 4.69) is 15.3 Å². The number of rotatable bonds is 5. The molecule has 0 bridgehead atoms. The SMILES string of the molecule is Cc1csc(CCNc2nccc(C#N)c2[N+](=O)[O-])n1. The highest BCUT2D eigenvalue weighted by Gasteiger charge is 2.20. The summed E-state index contributed by atoms with van der Waals surface area (Å²) in [6, 6.07) is 3.12. The molecule has 0 aliphatic rings. The first-order valence-electron chi connectivity index (χ1n) is 5.80. The van der Waals surface area contributed by atoms with Crippen LogP contribution in [-0.2, 0) is 6.42 Å². The van der Waals surface area contributed by atoms with E-state index in [-0.39, 0.29) is 17.1 Å². The lowest BCUT2D eigenvalue weighted by molar-refractivity contribution is -0.384. The monoisotopic (exact) mass is 289 g/mol. The summed E-state index contributed by atoms with van der Waals surface area (Å²) in [6.07, 6.45) is 2.02. The van der Waals surface area contributed by atoms with Crippen molar-refractivity contribution in [2.45, 2.75) is 13.3 Å². The lowest BCUT2D eigenvalue weighted by Gasteiger charge is -2.05. The molecule has 2 aromatic heterocycles. The van der Waals surface area contributed by atoms with Crippen molar-refractivity contribution in [2.75, 3.05) is 11.9 Å². The van der Waals surface area contributed by atoms with Gasteiger partial charge >= 0.3 is 5.69 Å². The van der Waals surface area contributed by atoms with Gasteiger partial charge in [-0.25, -0.2) is 9.97 Å². The van der Waals surface area contributed by atoms with Crippen molar-refractivity contribution in [3.05, 3.63) is 44.0 Å². The maximum absolute atomic E-state index is 11.0. The molecule has 20 heavy (non-hydrogen) atoms. The zero-order valence-electron chi connectivity index (χ0n) is 10.7. The Labute approximate surface area is 119 Å². The number of nitrogens with zero attached hydrogens (tertiary/aromatic N) is 4. The predicted octanol–water partition coefficient (Wildman–Crippen LogP) is 2.28. The van der Waals surface area contributed by atoms with Gasteiger partial charge in [0.15, 0.2) is 0 Å². The smallest absolute Gasteiger partial charge is 0.328 e. The highest BCUT2D eigenvalue weighted by molar-refractivity contribution is 7.09. The fourth-order valence-corrected chi connectivity index (χ4v) is 2.44. The molecule has 102 valence electrons. The molecule has 0 aromatic carbocycles. The van der Waals surface area contributed by atoms with E-state index in [1.54, 1.807) is 17.4 Å². The average Bonchev–Trinajstić information content (AvgIpc) is 2.83. The van der Waals surface area contributed by atoms with Crippen LogP contribution in [-0.4, -0.2) is 21.4 Å². The van der Waals surface area contributed by atoms with Gasteiger partial charge < -0.3 is 5.32 Å². The lowest BCUT2D eigenvalue weighted by atomic mass is 10.2. The van der Waals surface area contributed by atoms with Crippen LogP contribution in [0.3, 0.4) is 0 Å². The van der Waals surface area contributed by atoms with Gasteiger partial charge in [0.1, 0.15) is 11.6 Å². The van der Waals surface area contributed by atoms with Crippen LogP contribution in [0.1, 0.15) is 16.3 Å². The Bertz CT molecular complexity index is 677. The number of pyridine rings is 1. The van der Waals surface area contributed by atoms with Gasteiger partial charge in [-0.2, -0.15) is 5.26 Å². The number of nitrogens with one attached hydrogen (secondary N) is 1. The highest BCUT2D eigenvalue weighted by Crippen LogP contribution is 2.25. The molecule has 2 rings (SSSR count). The fraction of sp³-hybridized carbons (Fsp3) is 0.250. The first kappa shape index (κ1) is 13.9. The normalized spacial score (nSPS) is 10.0. The zero-order valence-corrected chi connectivity index (χ0v) is 11.5. The standard InChI is InChI=1S/C12H11N5O2S/c1-8-7-20-10(16-8)3-5-15-12-11(17(18)19)9(6-13)2-4-14-12/h2,4,7H,3,5H2,1H3,(H,14,15). The number of hydrogen-bond donors (Lipinski definition) is 1. The average molecular weight is 289 g/mol. The van der Waals surface area contributed by atoms with Gasteiger partial charge in [0.05, 0.1) is 9.93 Å². The molecule has 0 saturated heterocycles. The van der Waals surface area contributed by atoms with Gasteiger partial charge in [-0.1, -0.05) is 0 Å². The number of nitriles is 1. The molecular formula is C12H11N5O2S. The summed E-state index contributed by atoms with van der Waals surface area (Å²) >= 11 is 1.55. The molecule has 0 saturated carbocycles. The molecular weight excluding hydrogens is 278 g/mol. The lowest BCUT2D eigenvalue weighted by Crippen LogP contribution is -2.09. The summed E-state index contributed by atoms with van der Waals surface area (Å²) in [5.41, 5.74) is 0.670. The van der Waals surface area contributed by atoms with Gasteiger partial charge in [0.25, 0.3) is 0 Å². The molecule has 0 spiro atoms. The number of nitro groups is 1. The minimum Gasteiger partial charge on any atom is -0.364 e. The number of aryl methyl sites for hydroxylation is 1. The maximum Gasteiger partial charge on any atom is 0.328 e. The minimum atomic E-state index is -0.596. The molecule has 0 aliphatic heterocycles. The summed E-state index contributed by atoms with van der Waals surface area (Å²) in [7, 11) is 0. The largest absolute Gasteiger partial charge is 0.364 e. The van der Waals surface area contributed by atoms with Crippen LogP contribution in [0, 0.1) is 28.4 Å². The van der Waals surface area contributed by atoms with Gasteiger partial charge in [0, 0.05) is 30.2 Å². The van der Waals surface area contributed by atoms with E-state index in [1.807, 2.05) is 12.3 Å². The quantitative estimate of drug-likeness (QED) is 0.668. The fourth-order valence-electron chi connectivity index (χ4n) is 1.66. The van der Waals surface area contributed by atoms with Crippen molar-refractivity contribution < 1.29 is 4.92 Å². The van der Waals surface area contributed by atoms with E-state index >= 15 is 0 Å². The number of hydrogen-bond acceptors (Lipinski definition) is 7. The molecule has 2 aromatic rings. The Balaban J connectivity index is 2.10. The summed E-state index contributed by atoms with van der Waals surface area (Å²) in [5.74, 6) is 0.113. The molecule has 0 unspecified atom stereocenters. The second-order valence-corrected chi connectivity index (χ2v) is 4.93. The second kappa shape index (κ2) is 6.08. The number of anilines is 1. The van der Waals surface area contributed by atoms with Crippen LogP contribution in [0.25, 0.3) is 0 Å². The first-order valence-corrected chi connectivity index (χ1v) is 6.68. The molecule has 7 nitrogen and oxygen atoms in total. The van der Waals surface area contributed by atoms with E-state index in [1.165, 1.54) is 12.3 Å². The summed E-state index contributed by atoms with van der Waals surface area (Å²) in [4.78, 5) is 18.6.